The number of nitrogens with two attached hydrogens (primary N) is 1. The van der Waals surface area contributed by atoms with E-state index in [2.05, 4.69) is 62.3 Å². The van der Waals surface area contributed by atoms with Gasteiger partial charge in [-0.05, 0) is 16.7 Å². The van der Waals surface area contributed by atoms with Crippen molar-refractivity contribution in [3.63, 3.8) is 0 Å². The molecule has 21 heavy (non-hydrogen) atoms. The summed E-state index contributed by atoms with van der Waals surface area (Å²) in [5, 5.41) is 3.95. The van der Waals surface area contributed by atoms with Crippen LogP contribution in [0.4, 0.5) is 0 Å². The van der Waals surface area contributed by atoms with Gasteiger partial charge in [-0.1, -0.05) is 89.2 Å². The van der Waals surface area contributed by atoms with Crippen molar-refractivity contribution < 1.29 is 1.43 Å². The molecule has 0 saturated heterocycles. The maximum Gasteiger partial charge on any atom is 0.0726 e. The second-order valence-electron chi connectivity index (χ2n) is 5.67. The van der Waals surface area contributed by atoms with Crippen LogP contribution < -0.4 is 5.84 Å². The fourth-order valence-electron chi connectivity index (χ4n) is 2.15. The van der Waals surface area contributed by atoms with E-state index in [1.165, 1.54) is 11.1 Å². The van der Waals surface area contributed by atoms with E-state index in [-0.39, 0.29) is 6.84 Å². The number of hydrogen-bond acceptors (Lipinski definition) is 2. The van der Waals surface area contributed by atoms with Crippen LogP contribution in [0.25, 0.3) is 11.1 Å². The van der Waals surface area contributed by atoms with Crippen LogP contribution in [-0.4, -0.2) is 5.71 Å². The third kappa shape index (κ3) is 4.45. The molecular weight excluding hydrogens is 256 g/mol. The molecule has 0 bridgehead atoms. The topological polar surface area (TPSA) is 38.4 Å². The molecule has 2 aromatic rings. The summed E-state index contributed by atoms with van der Waals surface area (Å²) in [4.78, 5) is 0. The maximum atomic E-state index is 5.53. The summed E-state index contributed by atoms with van der Waals surface area (Å²) in [5.74, 6) is 5.53. The minimum atomic E-state index is -0.0526. The molecule has 0 aliphatic heterocycles. The van der Waals surface area contributed by atoms with Gasteiger partial charge < -0.3 is 5.84 Å². The van der Waals surface area contributed by atoms with Crippen LogP contribution >= 0.6 is 0 Å². The molecular formula is C19H28N2. The Morgan fingerprint density at radius 3 is 1.76 bits per heavy atom. The van der Waals surface area contributed by atoms with Crippen molar-refractivity contribution in [3.8, 4) is 11.1 Å². The van der Waals surface area contributed by atoms with Crippen molar-refractivity contribution >= 4 is 5.71 Å². The van der Waals surface area contributed by atoms with Crippen molar-refractivity contribution in [2.45, 2.75) is 34.6 Å². The Kier molecular flexibility index (Phi) is 6.16. The van der Waals surface area contributed by atoms with Crippen molar-refractivity contribution in [1.82, 2.24) is 0 Å². The lowest BCUT2D eigenvalue weighted by atomic mass is 9.85. The Bertz CT molecular complexity index is 567. The van der Waals surface area contributed by atoms with Gasteiger partial charge in [0.25, 0.3) is 0 Å². The third-order valence-electron chi connectivity index (χ3n) is 3.10. The van der Waals surface area contributed by atoms with E-state index < -0.39 is 0 Å². The Hall–Kier alpha value is -2.09. The Morgan fingerprint density at radius 1 is 0.857 bits per heavy atom. The first kappa shape index (κ1) is 17.0. The monoisotopic (exact) mass is 284 g/mol. The average molecular weight is 284 g/mol. The lowest BCUT2D eigenvalue weighted by Gasteiger charge is -2.21. The summed E-state index contributed by atoms with van der Waals surface area (Å²) in [6.07, 6.45) is 0. The van der Waals surface area contributed by atoms with E-state index in [4.69, 9.17) is 5.84 Å². The molecule has 2 rings (SSSR count). The van der Waals surface area contributed by atoms with Crippen LogP contribution in [0.15, 0.2) is 59.7 Å². The summed E-state index contributed by atoms with van der Waals surface area (Å²) < 4.78 is 0. The van der Waals surface area contributed by atoms with E-state index >= 15 is 0 Å². The van der Waals surface area contributed by atoms with E-state index in [9.17, 15) is 0 Å². The highest BCUT2D eigenvalue weighted by atomic mass is 15.1. The predicted molar refractivity (Wildman–Crippen MR) is 95.5 cm³/mol. The van der Waals surface area contributed by atoms with Crippen molar-refractivity contribution in [1.29, 1.82) is 0 Å². The summed E-state index contributed by atoms with van der Waals surface area (Å²) in [5.41, 5.74) is 4.37. The number of hydrazone groups is 1. The average Bonchev–Trinajstić information content (AvgIpc) is 2.50. The highest BCUT2D eigenvalue weighted by Gasteiger charge is 2.20. The van der Waals surface area contributed by atoms with Gasteiger partial charge in [-0.25, -0.2) is 0 Å². The van der Waals surface area contributed by atoms with Gasteiger partial charge in [0.15, 0.2) is 0 Å². The van der Waals surface area contributed by atoms with Crippen LogP contribution in [0.2, 0.25) is 0 Å². The van der Waals surface area contributed by atoms with E-state index in [1.807, 2.05) is 32.0 Å². The predicted octanol–water partition coefficient (Wildman–Crippen LogP) is 5.33. The summed E-state index contributed by atoms with van der Waals surface area (Å²) >= 11 is 0. The quantitative estimate of drug-likeness (QED) is 0.451. The SMILES string of the molecule is CC.CC(C)(C)/C(=N\N)c1ccc(-c2ccccc2)cc1.[HH]. The fraction of sp³-hybridized carbons (Fsp3) is 0.316. The van der Waals surface area contributed by atoms with E-state index in [1.54, 1.807) is 0 Å². The molecule has 0 amide bonds. The van der Waals surface area contributed by atoms with E-state index in [0.717, 1.165) is 11.3 Å². The molecule has 0 saturated carbocycles. The standard InChI is InChI=1S/C17H20N2.C2H6.H2/c1-17(2,3)16(19-18)15-11-9-14(10-12-15)13-7-5-4-6-8-13;1-2;/h4-12H,18H2,1-3H3;1-2H3;1H/b19-16-;;. The van der Waals surface area contributed by atoms with Crippen molar-refractivity contribution in [3.05, 3.63) is 60.2 Å². The summed E-state index contributed by atoms with van der Waals surface area (Å²) in [6, 6.07) is 18.7. The van der Waals surface area contributed by atoms with Crippen LogP contribution in [0.1, 0.15) is 41.6 Å². The Labute approximate surface area is 130 Å². The van der Waals surface area contributed by atoms with E-state index in [0.29, 0.717) is 0 Å². The second-order valence-corrected chi connectivity index (χ2v) is 5.67. The minimum Gasteiger partial charge on any atom is -0.323 e. The number of rotatable bonds is 2. The molecule has 0 atom stereocenters. The molecule has 0 radical (unpaired) electrons. The first-order valence-electron chi connectivity index (χ1n) is 7.46. The lowest BCUT2D eigenvalue weighted by Crippen LogP contribution is -2.22. The molecule has 0 aliphatic carbocycles. The zero-order valence-electron chi connectivity index (χ0n) is 13.7. The zero-order valence-corrected chi connectivity index (χ0v) is 13.7. The normalized spacial score (nSPS) is 11.6. The minimum absolute atomic E-state index is 0. The van der Waals surface area contributed by atoms with Crippen molar-refractivity contribution in [2.75, 3.05) is 0 Å². The number of nitrogens with zero attached hydrogens (tertiary/aromatic N) is 1. The Balaban J connectivity index is 0.00000141. The molecule has 0 heterocycles. The first-order chi connectivity index (χ1) is 10.0. The van der Waals surface area contributed by atoms with Crippen LogP contribution in [0.3, 0.4) is 0 Å². The van der Waals surface area contributed by atoms with Gasteiger partial charge in [0, 0.05) is 6.84 Å². The van der Waals surface area contributed by atoms with Gasteiger partial charge in [0.2, 0.25) is 0 Å². The Morgan fingerprint density at radius 2 is 1.33 bits per heavy atom. The van der Waals surface area contributed by atoms with Crippen LogP contribution in [0.5, 0.6) is 0 Å². The molecule has 0 fully saturated rings. The highest BCUT2D eigenvalue weighted by Crippen LogP contribution is 2.24. The molecule has 2 nitrogen and oxygen atoms in total. The largest absolute Gasteiger partial charge is 0.323 e. The highest BCUT2D eigenvalue weighted by molar-refractivity contribution is 6.04. The summed E-state index contributed by atoms with van der Waals surface area (Å²) in [6.45, 7) is 10.3. The van der Waals surface area contributed by atoms with Gasteiger partial charge >= 0.3 is 0 Å². The molecule has 2 aromatic carbocycles. The van der Waals surface area contributed by atoms with Gasteiger partial charge in [0.05, 0.1) is 5.71 Å². The zero-order chi connectivity index (χ0) is 15.9. The molecule has 2 N–H and O–H groups in total. The van der Waals surface area contributed by atoms with Gasteiger partial charge in [0.1, 0.15) is 0 Å². The number of benzene rings is 2. The smallest absolute Gasteiger partial charge is 0.0726 e. The van der Waals surface area contributed by atoms with Crippen LogP contribution in [-0.2, 0) is 0 Å². The molecule has 0 spiro atoms. The molecule has 0 aromatic heterocycles. The molecule has 114 valence electrons. The van der Waals surface area contributed by atoms with Gasteiger partial charge in [-0.2, -0.15) is 5.10 Å². The maximum absolute atomic E-state index is 5.53. The van der Waals surface area contributed by atoms with Crippen LogP contribution in [0, 0.1) is 5.41 Å². The lowest BCUT2D eigenvalue weighted by molar-refractivity contribution is 0.589. The molecule has 0 aliphatic rings. The number of hydrogen-bond donors (Lipinski definition) is 1. The second kappa shape index (κ2) is 7.63. The van der Waals surface area contributed by atoms with Crippen molar-refractivity contribution in [2.24, 2.45) is 16.4 Å². The van der Waals surface area contributed by atoms with Gasteiger partial charge in [-0.3, -0.25) is 0 Å². The van der Waals surface area contributed by atoms with Gasteiger partial charge in [-0.15, -0.1) is 0 Å². The fourth-order valence-corrected chi connectivity index (χ4v) is 2.15. The first-order valence-corrected chi connectivity index (χ1v) is 7.46. The summed E-state index contributed by atoms with van der Waals surface area (Å²) in [7, 11) is 0. The molecule has 2 heteroatoms. The third-order valence-corrected chi connectivity index (χ3v) is 3.10. The molecule has 0 unspecified atom stereocenters.